The molecule has 2 rings (SSSR count). The fourth-order valence-electron chi connectivity index (χ4n) is 1.93. The molecule has 8 heteroatoms. The van der Waals surface area contributed by atoms with E-state index >= 15 is 0 Å². The maximum atomic E-state index is 11.8. The average Bonchev–Trinajstić information content (AvgIpc) is 2.98. The van der Waals surface area contributed by atoms with E-state index in [9.17, 15) is 14.4 Å². The fraction of sp³-hybridized carbons (Fsp3) is 0.118. The van der Waals surface area contributed by atoms with Crippen LogP contribution in [-0.2, 0) is 21.4 Å². The van der Waals surface area contributed by atoms with Crippen molar-refractivity contribution < 1.29 is 19.1 Å². The first-order valence-corrected chi connectivity index (χ1v) is 7.88. The van der Waals surface area contributed by atoms with E-state index in [2.05, 4.69) is 5.32 Å². The smallest absolute Gasteiger partial charge is 0.331 e. The summed E-state index contributed by atoms with van der Waals surface area (Å²) in [5.74, 6) is -2.08. The SMILES string of the molecule is Cn1cccc1C(=O)NC(=O)COC(=O)/C=C/c1c(Cl)cccc1Cl. The van der Waals surface area contributed by atoms with Gasteiger partial charge in [0.05, 0.1) is 0 Å². The summed E-state index contributed by atoms with van der Waals surface area (Å²) in [6.45, 7) is -0.588. The summed E-state index contributed by atoms with van der Waals surface area (Å²) >= 11 is 11.9. The van der Waals surface area contributed by atoms with E-state index in [1.165, 1.54) is 6.08 Å². The molecule has 1 aromatic heterocycles. The van der Waals surface area contributed by atoms with Crippen molar-refractivity contribution in [1.82, 2.24) is 9.88 Å². The predicted molar refractivity (Wildman–Crippen MR) is 94.3 cm³/mol. The molecule has 0 aliphatic heterocycles. The Bertz CT molecular complexity index is 823. The summed E-state index contributed by atoms with van der Waals surface area (Å²) in [5, 5.41) is 2.88. The number of ether oxygens (including phenoxy) is 1. The molecular formula is C17H14Cl2N2O4. The second kappa shape index (κ2) is 8.50. The monoisotopic (exact) mass is 380 g/mol. The zero-order valence-electron chi connectivity index (χ0n) is 13.2. The number of rotatable bonds is 5. The molecule has 1 N–H and O–H groups in total. The van der Waals surface area contributed by atoms with Crippen molar-refractivity contribution in [3.8, 4) is 0 Å². The predicted octanol–water partition coefficient (Wildman–Crippen LogP) is 2.84. The number of nitrogens with one attached hydrogen (secondary N) is 1. The van der Waals surface area contributed by atoms with Gasteiger partial charge >= 0.3 is 5.97 Å². The number of esters is 1. The molecule has 0 atom stereocenters. The van der Waals surface area contributed by atoms with Gasteiger partial charge in [0.1, 0.15) is 5.69 Å². The number of hydrogen-bond acceptors (Lipinski definition) is 4. The fourth-order valence-corrected chi connectivity index (χ4v) is 2.45. The minimum absolute atomic E-state index is 0.313. The van der Waals surface area contributed by atoms with Gasteiger partial charge in [-0.25, -0.2) is 4.79 Å². The lowest BCUT2D eigenvalue weighted by Gasteiger charge is -2.05. The number of nitrogens with zero attached hydrogens (tertiary/aromatic N) is 1. The number of halogens is 2. The van der Waals surface area contributed by atoms with Crippen LogP contribution in [-0.4, -0.2) is 29.0 Å². The maximum absolute atomic E-state index is 11.8. The molecule has 0 saturated heterocycles. The molecule has 0 aliphatic rings. The Morgan fingerprint density at radius 3 is 2.44 bits per heavy atom. The van der Waals surface area contributed by atoms with Crippen molar-refractivity contribution in [3.05, 3.63) is 63.9 Å². The first kappa shape index (κ1) is 18.8. The van der Waals surface area contributed by atoms with Crippen LogP contribution >= 0.6 is 23.2 Å². The summed E-state index contributed by atoms with van der Waals surface area (Å²) in [5.41, 5.74) is 0.777. The largest absolute Gasteiger partial charge is 0.452 e. The zero-order chi connectivity index (χ0) is 18.4. The number of hydrogen-bond donors (Lipinski definition) is 1. The first-order chi connectivity index (χ1) is 11.9. The summed E-state index contributed by atoms with van der Waals surface area (Å²) in [6, 6.07) is 8.16. The number of carbonyl (C=O) groups excluding carboxylic acids is 3. The minimum atomic E-state index is -0.766. The van der Waals surface area contributed by atoms with E-state index in [1.807, 2.05) is 0 Å². The van der Waals surface area contributed by atoms with E-state index in [4.69, 9.17) is 27.9 Å². The van der Waals surface area contributed by atoms with Crippen LogP contribution in [0.15, 0.2) is 42.6 Å². The van der Waals surface area contributed by atoms with E-state index in [0.717, 1.165) is 6.08 Å². The Morgan fingerprint density at radius 1 is 1.16 bits per heavy atom. The molecule has 25 heavy (non-hydrogen) atoms. The Labute approximate surface area is 154 Å². The molecule has 130 valence electrons. The van der Waals surface area contributed by atoms with Crippen LogP contribution in [0.4, 0.5) is 0 Å². The molecule has 0 fully saturated rings. The molecular weight excluding hydrogens is 367 g/mol. The summed E-state index contributed by atoms with van der Waals surface area (Å²) in [4.78, 5) is 35.1. The molecule has 1 heterocycles. The molecule has 0 radical (unpaired) electrons. The standard InChI is InChI=1S/C17H14Cl2N2O4/c1-21-9-3-6-14(21)17(24)20-15(22)10-25-16(23)8-7-11-12(18)4-2-5-13(11)19/h2-9H,10H2,1H3,(H,20,22,24)/b8-7+. The van der Waals surface area contributed by atoms with Crippen LogP contribution in [0.5, 0.6) is 0 Å². The quantitative estimate of drug-likeness (QED) is 0.638. The van der Waals surface area contributed by atoms with Gasteiger partial charge in [0.2, 0.25) is 0 Å². The van der Waals surface area contributed by atoms with Crippen molar-refractivity contribution in [2.75, 3.05) is 6.61 Å². The maximum Gasteiger partial charge on any atom is 0.331 e. The van der Waals surface area contributed by atoms with Gasteiger partial charge < -0.3 is 9.30 Å². The van der Waals surface area contributed by atoms with Gasteiger partial charge in [-0.15, -0.1) is 0 Å². The zero-order valence-corrected chi connectivity index (χ0v) is 14.7. The second-order valence-electron chi connectivity index (χ2n) is 4.96. The molecule has 1 aromatic carbocycles. The van der Waals surface area contributed by atoms with Crippen molar-refractivity contribution in [2.24, 2.45) is 7.05 Å². The van der Waals surface area contributed by atoms with Crippen LogP contribution in [0.2, 0.25) is 10.0 Å². The number of benzene rings is 1. The molecule has 6 nitrogen and oxygen atoms in total. The second-order valence-corrected chi connectivity index (χ2v) is 5.77. The molecule has 2 aromatic rings. The number of carbonyl (C=O) groups is 3. The third kappa shape index (κ3) is 5.20. The van der Waals surface area contributed by atoms with E-state index in [1.54, 1.807) is 48.1 Å². The lowest BCUT2D eigenvalue weighted by molar-refractivity contribution is -0.143. The Morgan fingerprint density at radius 2 is 1.84 bits per heavy atom. The van der Waals surface area contributed by atoms with Crippen LogP contribution in [0, 0.1) is 0 Å². The molecule has 2 amide bonds. The lowest BCUT2D eigenvalue weighted by Crippen LogP contribution is -2.34. The van der Waals surface area contributed by atoms with Crippen molar-refractivity contribution in [1.29, 1.82) is 0 Å². The molecule has 0 unspecified atom stereocenters. The van der Waals surface area contributed by atoms with E-state index in [0.29, 0.717) is 21.3 Å². The highest BCUT2D eigenvalue weighted by Crippen LogP contribution is 2.25. The van der Waals surface area contributed by atoms with Gasteiger partial charge in [0.15, 0.2) is 6.61 Å². The van der Waals surface area contributed by atoms with Gasteiger partial charge in [-0.1, -0.05) is 29.3 Å². The van der Waals surface area contributed by atoms with Crippen molar-refractivity contribution >= 4 is 47.1 Å². The average molecular weight is 381 g/mol. The first-order valence-electron chi connectivity index (χ1n) is 7.13. The van der Waals surface area contributed by atoms with Gasteiger partial charge in [-0.2, -0.15) is 0 Å². The van der Waals surface area contributed by atoms with Gasteiger partial charge in [0, 0.05) is 34.9 Å². The van der Waals surface area contributed by atoms with Crippen LogP contribution in [0.25, 0.3) is 6.08 Å². The van der Waals surface area contributed by atoms with Crippen LogP contribution in [0.1, 0.15) is 16.1 Å². The number of aryl methyl sites for hydroxylation is 1. The molecule has 0 bridgehead atoms. The Kier molecular flexibility index (Phi) is 6.38. The number of amides is 2. The number of imide groups is 1. The normalized spacial score (nSPS) is 10.7. The highest BCUT2D eigenvalue weighted by atomic mass is 35.5. The van der Waals surface area contributed by atoms with E-state index in [-0.39, 0.29) is 0 Å². The minimum Gasteiger partial charge on any atom is -0.452 e. The van der Waals surface area contributed by atoms with Crippen LogP contribution in [0.3, 0.4) is 0 Å². The van der Waals surface area contributed by atoms with Crippen molar-refractivity contribution in [3.63, 3.8) is 0 Å². The van der Waals surface area contributed by atoms with Gasteiger partial charge in [-0.05, 0) is 30.3 Å². The lowest BCUT2D eigenvalue weighted by atomic mass is 10.2. The third-order valence-corrected chi connectivity index (χ3v) is 3.82. The van der Waals surface area contributed by atoms with Gasteiger partial charge in [0.25, 0.3) is 11.8 Å². The molecule has 0 spiro atoms. The van der Waals surface area contributed by atoms with Crippen molar-refractivity contribution in [2.45, 2.75) is 0 Å². The highest BCUT2D eigenvalue weighted by molar-refractivity contribution is 6.37. The topological polar surface area (TPSA) is 77.4 Å². The molecule has 0 aliphatic carbocycles. The summed E-state index contributed by atoms with van der Waals surface area (Å²) in [6.07, 6.45) is 4.16. The third-order valence-electron chi connectivity index (χ3n) is 3.16. The van der Waals surface area contributed by atoms with E-state index < -0.39 is 24.4 Å². The van der Waals surface area contributed by atoms with Gasteiger partial charge in [-0.3, -0.25) is 14.9 Å². The Hall–Kier alpha value is -2.57. The highest BCUT2D eigenvalue weighted by Gasteiger charge is 2.13. The Balaban J connectivity index is 1.85. The summed E-state index contributed by atoms with van der Waals surface area (Å²) < 4.78 is 6.33. The number of aromatic nitrogens is 1. The van der Waals surface area contributed by atoms with Crippen LogP contribution < -0.4 is 5.32 Å². The molecule has 0 saturated carbocycles. The summed E-state index contributed by atoms with van der Waals surface area (Å²) in [7, 11) is 1.67.